The average Bonchev–Trinajstić information content (AvgIpc) is 3.25. The van der Waals surface area contributed by atoms with Crippen molar-refractivity contribution in [1.29, 1.82) is 0 Å². The summed E-state index contributed by atoms with van der Waals surface area (Å²) in [6, 6.07) is 0. The quantitative estimate of drug-likeness (QED) is 0.831. The van der Waals surface area contributed by atoms with Crippen LogP contribution in [0.4, 0.5) is 5.13 Å². The highest BCUT2D eigenvalue weighted by molar-refractivity contribution is 7.15. The normalized spacial score (nSPS) is 23.8. The van der Waals surface area contributed by atoms with Crippen molar-refractivity contribution in [3.63, 3.8) is 0 Å². The van der Waals surface area contributed by atoms with Crippen molar-refractivity contribution in [3.8, 4) is 0 Å². The zero-order valence-corrected chi connectivity index (χ0v) is 14.4. The molecule has 0 radical (unpaired) electrons. The number of hydrogen-bond acceptors (Lipinski definition) is 6. The largest absolute Gasteiger partial charge is 0.376 e. The number of carbonyl (C=O) groups excluding carboxylic acids is 1. The van der Waals surface area contributed by atoms with Gasteiger partial charge < -0.3 is 14.8 Å². The topological polar surface area (TPSA) is 72.5 Å². The molecule has 3 heterocycles. The minimum absolute atomic E-state index is 0.136. The van der Waals surface area contributed by atoms with Crippen molar-refractivity contribution in [2.24, 2.45) is 0 Å². The van der Waals surface area contributed by atoms with Crippen molar-refractivity contribution < 1.29 is 14.3 Å². The SMILES string of the molecule is CC(OCC1CCCO1)C(=O)Nc1ncc(C2CCNCC2)s1. The first kappa shape index (κ1) is 16.8. The van der Waals surface area contributed by atoms with E-state index in [-0.39, 0.29) is 12.0 Å². The maximum absolute atomic E-state index is 12.2. The van der Waals surface area contributed by atoms with Gasteiger partial charge >= 0.3 is 0 Å². The first-order chi connectivity index (χ1) is 11.2. The van der Waals surface area contributed by atoms with Gasteiger partial charge in [0.15, 0.2) is 5.13 Å². The van der Waals surface area contributed by atoms with Gasteiger partial charge in [-0.05, 0) is 51.6 Å². The molecule has 1 aromatic heterocycles. The molecule has 7 heteroatoms. The Morgan fingerprint density at radius 3 is 3.09 bits per heavy atom. The smallest absolute Gasteiger partial charge is 0.254 e. The van der Waals surface area contributed by atoms with Crippen LogP contribution in [0.5, 0.6) is 0 Å². The van der Waals surface area contributed by atoms with Crippen LogP contribution in [0.3, 0.4) is 0 Å². The molecule has 3 rings (SSSR count). The van der Waals surface area contributed by atoms with E-state index in [4.69, 9.17) is 9.47 Å². The van der Waals surface area contributed by atoms with E-state index in [1.54, 1.807) is 18.3 Å². The van der Waals surface area contributed by atoms with E-state index in [1.165, 1.54) is 4.88 Å². The zero-order chi connectivity index (χ0) is 16.1. The number of hydrogen-bond donors (Lipinski definition) is 2. The van der Waals surface area contributed by atoms with Gasteiger partial charge in [0.25, 0.3) is 5.91 Å². The molecular weight excluding hydrogens is 314 g/mol. The fraction of sp³-hybridized carbons (Fsp3) is 0.750. The van der Waals surface area contributed by atoms with Gasteiger partial charge in [0.05, 0.1) is 12.7 Å². The lowest BCUT2D eigenvalue weighted by atomic mass is 9.97. The molecule has 2 unspecified atom stereocenters. The summed E-state index contributed by atoms with van der Waals surface area (Å²) in [7, 11) is 0. The van der Waals surface area contributed by atoms with Crippen LogP contribution in [0.2, 0.25) is 0 Å². The highest BCUT2D eigenvalue weighted by Gasteiger charge is 2.22. The van der Waals surface area contributed by atoms with Crippen LogP contribution in [-0.4, -0.2) is 49.4 Å². The summed E-state index contributed by atoms with van der Waals surface area (Å²) < 4.78 is 11.1. The predicted octanol–water partition coefficient (Wildman–Crippen LogP) is 2.13. The van der Waals surface area contributed by atoms with Gasteiger partial charge in [0.2, 0.25) is 0 Å². The van der Waals surface area contributed by atoms with Gasteiger partial charge in [-0.15, -0.1) is 11.3 Å². The first-order valence-electron chi connectivity index (χ1n) is 8.43. The van der Waals surface area contributed by atoms with E-state index in [9.17, 15) is 4.79 Å². The lowest BCUT2D eigenvalue weighted by Crippen LogP contribution is -2.30. The molecule has 6 nitrogen and oxygen atoms in total. The summed E-state index contributed by atoms with van der Waals surface area (Å²) in [5, 5.41) is 6.89. The second-order valence-electron chi connectivity index (χ2n) is 6.19. The van der Waals surface area contributed by atoms with E-state index in [1.807, 2.05) is 6.20 Å². The molecule has 2 fully saturated rings. The van der Waals surface area contributed by atoms with E-state index < -0.39 is 6.10 Å². The van der Waals surface area contributed by atoms with Crippen LogP contribution in [0.1, 0.15) is 43.4 Å². The minimum atomic E-state index is -0.495. The molecule has 0 saturated carbocycles. The number of ether oxygens (including phenoxy) is 2. The molecule has 0 aliphatic carbocycles. The Balaban J connectivity index is 1.46. The fourth-order valence-electron chi connectivity index (χ4n) is 2.95. The lowest BCUT2D eigenvalue weighted by molar-refractivity contribution is -0.128. The van der Waals surface area contributed by atoms with Gasteiger partial charge in [-0.1, -0.05) is 0 Å². The number of carbonyl (C=O) groups is 1. The molecule has 0 bridgehead atoms. The first-order valence-corrected chi connectivity index (χ1v) is 9.24. The number of piperidine rings is 1. The minimum Gasteiger partial charge on any atom is -0.376 e. The zero-order valence-electron chi connectivity index (χ0n) is 13.5. The number of rotatable bonds is 6. The maximum Gasteiger partial charge on any atom is 0.254 e. The summed E-state index contributed by atoms with van der Waals surface area (Å²) in [5.41, 5.74) is 0. The molecule has 128 valence electrons. The second kappa shape index (κ2) is 8.19. The summed E-state index contributed by atoms with van der Waals surface area (Å²) in [6.07, 6.45) is 5.90. The summed E-state index contributed by atoms with van der Waals surface area (Å²) >= 11 is 1.58. The van der Waals surface area contributed by atoms with Crippen LogP contribution < -0.4 is 10.6 Å². The molecular formula is C16H25N3O3S. The number of aromatic nitrogens is 1. The van der Waals surface area contributed by atoms with Gasteiger partial charge in [0.1, 0.15) is 6.10 Å². The van der Waals surface area contributed by atoms with Crippen LogP contribution in [0.15, 0.2) is 6.20 Å². The number of nitrogens with zero attached hydrogens (tertiary/aromatic N) is 1. The maximum atomic E-state index is 12.2. The number of anilines is 1. The van der Waals surface area contributed by atoms with Crippen molar-refractivity contribution >= 4 is 22.4 Å². The monoisotopic (exact) mass is 339 g/mol. The molecule has 2 saturated heterocycles. The number of nitrogens with one attached hydrogen (secondary N) is 2. The van der Waals surface area contributed by atoms with Crippen molar-refractivity contribution in [1.82, 2.24) is 10.3 Å². The molecule has 1 amide bonds. The van der Waals surface area contributed by atoms with E-state index >= 15 is 0 Å². The highest BCUT2D eigenvalue weighted by atomic mass is 32.1. The number of amides is 1. The summed E-state index contributed by atoms with van der Waals surface area (Å²) in [6.45, 7) is 5.16. The van der Waals surface area contributed by atoms with Crippen molar-refractivity contribution in [3.05, 3.63) is 11.1 Å². The van der Waals surface area contributed by atoms with Gasteiger partial charge in [0, 0.05) is 17.7 Å². The van der Waals surface area contributed by atoms with Crippen LogP contribution >= 0.6 is 11.3 Å². The Kier molecular flexibility index (Phi) is 5.99. The molecule has 1 aromatic rings. The highest BCUT2D eigenvalue weighted by Crippen LogP contribution is 2.31. The standard InChI is InChI=1S/C16H25N3O3S/c1-11(22-10-13-3-2-8-21-13)15(20)19-16-18-9-14(23-16)12-4-6-17-7-5-12/h9,11-13,17H,2-8,10H2,1H3,(H,18,19,20). The summed E-state index contributed by atoms with van der Waals surface area (Å²) in [4.78, 5) is 17.8. The molecule has 0 aromatic carbocycles. The molecule has 2 aliphatic rings. The predicted molar refractivity (Wildman–Crippen MR) is 90.0 cm³/mol. The third-order valence-electron chi connectivity index (χ3n) is 4.42. The third-order valence-corrected chi connectivity index (χ3v) is 5.50. The summed E-state index contributed by atoms with van der Waals surface area (Å²) in [5.74, 6) is 0.418. The average molecular weight is 339 g/mol. The van der Waals surface area contributed by atoms with E-state index in [0.29, 0.717) is 17.7 Å². The van der Waals surface area contributed by atoms with Crippen LogP contribution in [-0.2, 0) is 14.3 Å². The lowest BCUT2D eigenvalue weighted by Gasteiger charge is -2.20. The van der Waals surface area contributed by atoms with E-state index in [0.717, 1.165) is 45.4 Å². The Hall–Kier alpha value is -1.02. The molecule has 2 aliphatic heterocycles. The van der Waals surface area contributed by atoms with Gasteiger partial charge in [-0.25, -0.2) is 4.98 Å². The third kappa shape index (κ3) is 4.73. The van der Waals surface area contributed by atoms with Crippen LogP contribution in [0.25, 0.3) is 0 Å². The number of thiazole rings is 1. The Labute approximate surface area is 141 Å². The molecule has 0 spiro atoms. The Bertz CT molecular complexity index is 510. The Morgan fingerprint density at radius 1 is 1.52 bits per heavy atom. The van der Waals surface area contributed by atoms with E-state index in [2.05, 4.69) is 15.6 Å². The molecule has 23 heavy (non-hydrogen) atoms. The van der Waals surface area contributed by atoms with Crippen LogP contribution in [0, 0.1) is 0 Å². The van der Waals surface area contributed by atoms with Crippen molar-refractivity contribution in [2.45, 2.75) is 50.7 Å². The van der Waals surface area contributed by atoms with Gasteiger partial charge in [-0.2, -0.15) is 0 Å². The molecule has 2 N–H and O–H groups in total. The second-order valence-corrected chi connectivity index (χ2v) is 7.25. The fourth-order valence-corrected chi connectivity index (χ4v) is 3.94. The van der Waals surface area contributed by atoms with Crippen molar-refractivity contribution in [2.75, 3.05) is 31.6 Å². The van der Waals surface area contributed by atoms with Gasteiger partial charge in [-0.3, -0.25) is 10.1 Å². The molecule has 2 atom stereocenters. The Morgan fingerprint density at radius 2 is 2.35 bits per heavy atom.